The van der Waals surface area contributed by atoms with E-state index in [0.717, 1.165) is 27.9 Å². The lowest BCUT2D eigenvalue weighted by atomic mass is 10.3. The van der Waals surface area contributed by atoms with Crippen LogP contribution in [0.3, 0.4) is 0 Å². The molecule has 0 radical (unpaired) electrons. The molecule has 1 saturated carbocycles. The summed E-state index contributed by atoms with van der Waals surface area (Å²) in [7, 11) is 0. The van der Waals surface area contributed by atoms with E-state index in [9.17, 15) is 0 Å². The molecule has 132 valence electrons. The lowest BCUT2D eigenvalue weighted by Gasteiger charge is -2.11. The predicted molar refractivity (Wildman–Crippen MR) is 109 cm³/mol. The molecule has 1 atom stereocenters. The highest BCUT2D eigenvalue weighted by Gasteiger charge is 2.30. The Balaban J connectivity index is 1.41. The summed E-state index contributed by atoms with van der Waals surface area (Å²) in [6, 6.07) is 13.2. The maximum Gasteiger partial charge on any atom is 0.192 e. The van der Waals surface area contributed by atoms with Gasteiger partial charge in [-0.05, 0) is 43.3 Å². The molecule has 1 aliphatic rings. The molecule has 5 rings (SSSR count). The Morgan fingerprint density at radius 1 is 1.19 bits per heavy atom. The van der Waals surface area contributed by atoms with Crippen LogP contribution in [0.5, 0.6) is 0 Å². The van der Waals surface area contributed by atoms with Crippen molar-refractivity contribution < 1.29 is 0 Å². The summed E-state index contributed by atoms with van der Waals surface area (Å²) in [5.74, 6) is 1.09. The standard InChI is InChI=1S/C19H18N4S3/c1-12(18-20-15-6-2-3-7-16(15)26-18)25-19-22-21-17(23(19)13-8-9-13)11-14-5-4-10-24-14/h2-7,10,12-13H,8-9,11H2,1H3/t12-/m0/s1. The van der Waals surface area contributed by atoms with Crippen LogP contribution < -0.4 is 0 Å². The molecule has 1 aromatic carbocycles. The Bertz CT molecular complexity index is 997. The molecule has 0 aliphatic heterocycles. The number of fused-ring (bicyclic) bond motifs is 1. The average molecular weight is 399 g/mol. The van der Waals surface area contributed by atoms with E-state index in [1.807, 2.05) is 6.07 Å². The molecule has 0 unspecified atom stereocenters. The highest BCUT2D eigenvalue weighted by molar-refractivity contribution is 7.99. The minimum atomic E-state index is 0.267. The number of thioether (sulfide) groups is 1. The van der Waals surface area contributed by atoms with Crippen LogP contribution in [0, 0.1) is 0 Å². The van der Waals surface area contributed by atoms with Gasteiger partial charge in [-0.2, -0.15) is 0 Å². The van der Waals surface area contributed by atoms with Gasteiger partial charge < -0.3 is 4.57 Å². The molecule has 4 nitrogen and oxygen atoms in total. The third-order valence-corrected chi connectivity index (χ3v) is 7.81. The first-order valence-corrected chi connectivity index (χ1v) is 11.3. The Kier molecular flexibility index (Phi) is 4.30. The molecule has 3 aromatic heterocycles. The maximum absolute atomic E-state index is 4.81. The number of thiazole rings is 1. The molecule has 0 bridgehead atoms. The monoisotopic (exact) mass is 398 g/mol. The van der Waals surface area contributed by atoms with Crippen molar-refractivity contribution in [1.82, 2.24) is 19.7 Å². The largest absolute Gasteiger partial charge is 0.303 e. The predicted octanol–water partition coefficient (Wildman–Crippen LogP) is 5.73. The summed E-state index contributed by atoms with van der Waals surface area (Å²) < 4.78 is 3.62. The lowest BCUT2D eigenvalue weighted by Crippen LogP contribution is -2.04. The van der Waals surface area contributed by atoms with Crippen molar-refractivity contribution in [3.8, 4) is 0 Å². The molecule has 0 saturated heterocycles. The van der Waals surface area contributed by atoms with Gasteiger partial charge in [0.2, 0.25) is 0 Å². The molecule has 0 spiro atoms. The second-order valence-corrected chi connectivity index (χ2v) is 9.94. The first kappa shape index (κ1) is 16.5. The first-order valence-electron chi connectivity index (χ1n) is 8.76. The van der Waals surface area contributed by atoms with Gasteiger partial charge >= 0.3 is 0 Å². The van der Waals surface area contributed by atoms with Crippen LogP contribution in [0.4, 0.5) is 0 Å². The van der Waals surface area contributed by atoms with Gasteiger partial charge in [-0.25, -0.2) is 4.98 Å². The number of benzene rings is 1. The second kappa shape index (κ2) is 6.79. The van der Waals surface area contributed by atoms with Crippen molar-refractivity contribution >= 4 is 44.7 Å². The third kappa shape index (κ3) is 3.19. The van der Waals surface area contributed by atoms with Crippen molar-refractivity contribution in [2.75, 3.05) is 0 Å². The normalized spacial score (nSPS) is 15.6. The van der Waals surface area contributed by atoms with Crippen LogP contribution in [-0.2, 0) is 6.42 Å². The summed E-state index contributed by atoms with van der Waals surface area (Å²) in [5.41, 5.74) is 1.09. The minimum Gasteiger partial charge on any atom is -0.303 e. The molecule has 1 aliphatic carbocycles. The van der Waals surface area contributed by atoms with Gasteiger partial charge in [0.15, 0.2) is 5.16 Å². The number of nitrogens with zero attached hydrogens (tertiary/aromatic N) is 4. The summed E-state index contributed by atoms with van der Waals surface area (Å²) in [5, 5.41) is 13.6. The third-order valence-electron chi connectivity index (χ3n) is 4.50. The quantitative estimate of drug-likeness (QED) is 0.389. The van der Waals surface area contributed by atoms with Crippen molar-refractivity contribution in [3.05, 3.63) is 57.5 Å². The summed E-state index contributed by atoms with van der Waals surface area (Å²) in [4.78, 5) is 6.15. The molecule has 0 amide bonds. The van der Waals surface area contributed by atoms with Crippen LogP contribution in [-0.4, -0.2) is 19.7 Å². The van der Waals surface area contributed by atoms with Gasteiger partial charge in [-0.3, -0.25) is 0 Å². The Labute approximate surface area is 164 Å². The van der Waals surface area contributed by atoms with Crippen molar-refractivity contribution in [1.29, 1.82) is 0 Å². The van der Waals surface area contributed by atoms with E-state index in [2.05, 4.69) is 57.4 Å². The fourth-order valence-electron chi connectivity index (χ4n) is 3.05. The van der Waals surface area contributed by atoms with E-state index in [4.69, 9.17) is 4.98 Å². The summed E-state index contributed by atoms with van der Waals surface area (Å²) >= 11 is 5.34. The number of para-hydroxylation sites is 1. The average Bonchev–Trinajstić information content (AvgIpc) is 3.06. The molecule has 4 aromatic rings. The fourth-order valence-corrected chi connectivity index (χ4v) is 5.87. The number of thiophene rings is 1. The van der Waals surface area contributed by atoms with Crippen LogP contribution in [0.1, 0.15) is 46.8 Å². The van der Waals surface area contributed by atoms with E-state index in [-0.39, 0.29) is 5.25 Å². The van der Waals surface area contributed by atoms with Gasteiger partial charge in [-0.15, -0.1) is 32.9 Å². The maximum atomic E-state index is 4.81. The Morgan fingerprint density at radius 2 is 2.08 bits per heavy atom. The zero-order valence-electron chi connectivity index (χ0n) is 14.3. The molecule has 0 N–H and O–H groups in total. The molecular weight excluding hydrogens is 380 g/mol. The number of hydrogen-bond donors (Lipinski definition) is 0. The number of aromatic nitrogens is 4. The van der Waals surface area contributed by atoms with Crippen LogP contribution >= 0.6 is 34.4 Å². The van der Waals surface area contributed by atoms with Crippen molar-refractivity contribution in [3.63, 3.8) is 0 Å². The first-order chi connectivity index (χ1) is 12.8. The van der Waals surface area contributed by atoms with Crippen LogP contribution in [0.15, 0.2) is 46.9 Å². The molecule has 1 fully saturated rings. The topological polar surface area (TPSA) is 43.6 Å². The number of hydrogen-bond acceptors (Lipinski definition) is 6. The fraction of sp³-hybridized carbons (Fsp3) is 0.316. The van der Waals surface area contributed by atoms with Gasteiger partial charge in [0.25, 0.3) is 0 Å². The summed E-state index contributed by atoms with van der Waals surface area (Å²) in [6.07, 6.45) is 3.34. The second-order valence-electron chi connectivity index (χ2n) is 6.54. The van der Waals surface area contributed by atoms with Crippen molar-refractivity contribution in [2.24, 2.45) is 0 Å². The highest BCUT2D eigenvalue weighted by Crippen LogP contribution is 2.43. The van der Waals surface area contributed by atoms with Gasteiger partial charge in [0.05, 0.1) is 15.5 Å². The molecule has 26 heavy (non-hydrogen) atoms. The smallest absolute Gasteiger partial charge is 0.192 e. The Hall–Kier alpha value is -1.70. The highest BCUT2D eigenvalue weighted by atomic mass is 32.2. The van der Waals surface area contributed by atoms with Crippen LogP contribution in [0.25, 0.3) is 10.2 Å². The zero-order valence-corrected chi connectivity index (χ0v) is 16.8. The van der Waals surface area contributed by atoms with Gasteiger partial charge in [-0.1, -0.05) is 30.0 Å². The summed E-state index contributed by atoms with van der Waals surface area (Å²) in [6.45, 7) is 2.22. The SMILES string of the molecule is C[C@H](Sc1nnc(Cc2cccs2)n1C1CC1)c1nc2ccccc2s1. The zero-order chi connectivity index (χ0) is 17.5. The molecular formula is C19H18N4S3. The van der Waals surface area contributed by atoms with E-state index in [1.165, 1.54) is 22.4 Å². The van der Waals surface area contributed by atoms with E-state index in [1.54, 1.807) is 34.4 Å². The van der Waals surface area contributed by atoms with E-state index in [0.29, 0.717) is 6.04 Å². The molecule has 7 heteroatoms. The minimum absolute atomic E-state index is 0.267. The van der Waals surface area contributed by atoms with E-state index >= 15 is 0 Å². The Morgan fingerprint density at radius 3 is 2.85 bits per heavy atom. The van der Waals surface area contributed by atoms with E-state index < -0.39 is 0 Å². The van der Waals surface area contributed by atoms with Crippen molar-refractivity contribution in [2.45, 2.75) is 42.6 Å². The molecule has 3 heterocycles. The van der Waals surface area contributed by atoms with Gasteiger partial charge in [0, 0.05) is 17.3 Å². The van der Waals surface area contributed by atoms with Gasteiger partial charge in [0.1, 0.15) is 10.8 Å². The van der Waals surface area contributed by atoms with Crippen LogP contribution in [0.2, 0.25) is 0 Å². The lowest BCUT2D eigenvalue weighted by molar-refractivity contribution is 0.634. The number of rotatable bonds is 6.